The Balaban J connectivity index is 1.07. The topological polar surface area (TPSA) is 182 Å². The van der Waals surface area contributed by atoms with E-state index in [0.717, 1.165) is 55.7 Å². The Kier molecular flexibility index (Phi) is 17.3. The lowest BCUT2D eigenvalue weighted by atomic mass is 9.84. The van der Waals surface area contributed by atoms with Crippen molar-refractivity contribution in [2.75, 3.05) is 72.2 Å². The SMILES string of the molecule is CCn1c(-c2cnccc2COC)c2c3cc(ccc31)-c1cccc(c1)C[C@H](NC(=O)[C@H](C(C)C)N(C)C(=O)CCN=C=Nc1ccc(OC)cc1N1CCOCC1)C(=O)N1CCC[C@H](N1)C(=O)OCC(C)(C)C2. The van der Waals surface area contributed by atoms with Crippen molar-refractivity contribution in [1.82, 2.24) is 30.2 Å². The van der Waals surface area contributed by atoms with Crippen molar-refractivity contribution in [2.24, 2.45) is 21.3 Å². The van der Waals surface area contributed by atoms with Crippen molar-refractivity contribution >= 4 is 52.0 Å². The van der Waals surface area contributed by atoms with Crippen LogP contribution in [0.15, 0.2) is 89.1 Å². The van der Waals surface area contributed by atoms with E-state index in [1.165, 1.54) is 9.91 Å². The molecule has 17 heteroatoms. The van der Waals surface area contributed by atoms with E-state index in [1.807, 2.05) is 56.4 Å². The number of pyridine rings is 1. The lowest BCUT2D eigenvalue weighted by Crippen LogP contribution is -2.62. The molecule has 0 saturated carbocycles. The quantitative estimate of drug-likeness (QED) is 0.0836. The number of nitrogens with zero attached hydrogens (tertiary/aromatic N) is 7. The lowest BCUT2D eigenvalue weighted by molar-refractivity contribution is -0.155. The van der Waals surface area contributed by atoms with Gasteiger partial charge < -0.3 is 38.6 Å². The summed E-state index contributed by atoms with van der Waals surface area (Å²) >= 11 is 0. The number of methoxy groups -OCH3 is 2. The summed E-state index contributed by atoms with van der Waals surface area (Å²) in [4.78, 5) is 74.1. The van der Waals surface area contributed by atoms with Crippen LogP contribution in [0.4, 0.5) is 11.4 Å². The van der Waals surface area contributed by atoms with E-state index in [4.69, 9.17) is 18.9 Å². The molecule has 0 unspecified atom stereocenters. The number of rotatable bonds is 14. The highest BCUT2D eigenvalue weighted by atomic mass is 16.5. The molecule has 2 saturated heterocycles. The fourth-order valence-electron chi connectivity index (χ4n) is 10.4. The summed E-state index contributed by atoms with van der Waals surface area (Å²) in [5.41, 5.74) is 12.2. The number of carbonyl (C=O) groups excluding carboxylic acids is 4. The molecule has 3 aliphatic rings. The van der Waals surface area contributed by atoms with Crippen LogP contribution in [-0.4, -0.2) is 135 Å². The number of nitrogens with one attached hydrogen (secondary N) is 2. The van der Waals surface area contributed by atoms with Gasteiger partial charge in [0.1, 0.15) is 23.9 Å². The van der Waals surface area contributed by atoms with E-state index in [-0.39, 0.29) is 37.8 Å². The summed E-state index contributed by atoms with van der Waals surface area (Å²) in [6.07, 6.45) is 5.45. The van der Waals surface area contributed by atoms with Crippen molar-refractivity contribution in [2.45, 2.75) is 98.0 Å². The highest BCUT2D eigenvalue weighted by Crippen LogP contribution is 2.41. The Morgan fingerprint density at radius 3 is 2.58 bits per heavy atom. The van der Waals surface area contributed by atoms with Crippen molar-refractivity contribution in [1.29, 1.82) is 0 Å². The standard InChI is InChI=1S/C57H71N9O8/c1-9-65-49-18-15-40-30-43(49)44(53(65)45-33-58-21-19-41(45)34-71-7)32-57(4,5)35-74-56(70)47-14-11-23-66(62-47)55(69)48(29-38-12-10-13-39(40)28-38)61-54(68)52(37(2)3)63(6)51(67)20-22-59-36-60-46-17-16-42(72-8)31-50(46)64-24-26-73-27-25-64/h10,12-13,15-19,21,28,30-31,33,37,47-48,52,62H,9,11,14,20,22-27,29,32,34-35H2,1-8H3,(H,61,68)/t47-,48-,52-/m0/s1. The number of benzene rings is 3. The van der Waals surface area contributed by atoms with E-state index in [2.05, 4.69) is 92.3 Å². The monoisotopic (exact) mass is 1010 g/mol. The summed E-state index contributed by atoms with van der Waals surface area (Å²) in [6, 6.07) is 22.2. The minimum absolute atomic E-state index is 0.00601. The zero-order valence-electron chi connectivity index (χ0n) is 44.1. The molecule has 3 aliphatic heterocycles. The third-order valence-corrected chi connectivity index (χ3v) is 14.2. The summed E-state index contributed by atoms with van der Waals surface area (Å²) in [7, 11) is 4.91. The van der Waals surface area contributed by atoms with Crippen LogP contribution in [-0.2, 0) is 59.4 Å². The first-order chi connectivity index (χ1) is 35.7. The number of ether oxygens (including phenoxy) is 4. The molecule has 3 amide bonds. The lowest BCUT2D eigenvalue weighted by Gasteiger charge is -2.36. The smallest absolute Gasteiger partial charge is 0.324 e. The van der Waals surface area contributed by atoms with Gasteiger partial charge in [-0.05, 0) is 90.3 Å². The summed E-state index contributed by atoms with van der Waals surface area (Å²) in [5, 5.41) is 5.59. The number of hydrogen-bond donors (Lipinski definition) is 2. The van der Waals surface area contributed by atoms with Crippen LogP contribution < -0.4 is 20.4 Å². The molecule has 0 aliphatic carbocycles. The molecule has 3 aromatic carbocycles. The predicted molar refractivity (Wildman–Crippen MR) is 285 cm³/mol. The van der Waals surface area contributed by atoms with Crippen LogP contribution in [0.25, 0.3) is 33.3 Å². The van der Waals surface area contributed by atoms with E-state index < -0.39 is 41.3 Å². The first-order valence-corrected chi connectivity index (χ1v) is 25.8. The van der Waals surface area contributed by atoms with Gasteiger partial charge in [0.25, 0.3) is 5.91 Å². The third kappa shape index (κ3) is 12.2. The van der Waals surface area contributed by atoms with Crippen LogP contribution in [0.1, 0.15) is 70.6 Å². The maximum atomic E-state index is 14.8. The maximum absolute atomic E-state index is 14.8. The number of esters is 1. The van der Waals surface area contributed by atoms with Gasteiger partial charge in [-0.3, -0.25) is 29.2 Å². The molecule has 8 rings (SSSR count). The summed E-state index contributed by atoms with van der Waals surface area (Å²) in [6.45, 7) is 14.4. The molecule has 5 heterocycles. The number of aryl methyl sites for hydroxylation is 1. The van der Waals surface area contributed by atoms with Crippen molar-refractivity contribution in [3.63, 3.8) is 0 Å². The molecular weight excluding hydrogens is 939 g/mol. The Morgan fingerprint density at radius 1 is 1.03 bits per heavy atom. The number of aromatic nitrogens is 2. The first kappa shape index (κ1) is 53.4. The molecular formula is C57H71N9O8. The molecule has 392 valence electrons. The number of likely N-dealkylation sites (N-methyl/N-ethyl adjacent to an activating group) is 1. The normalized spacial score (nSPS) is 18.5. The van der Waals surface area contributed by atoms with E-state index in [9.17, 15) is 19.2 Å². The minimum atomic E-state index is -1.06. The average Bonchev–Trinajstić information content (AvgIpc) is 3.71. The Morgan fingerprint density at radius 2 is 1.82 bits per heavy atom. The van der Waals surface area contributed by atoms with Crippen molar-refractivity contribution in [3.8, 4) is 28.1 Å². The molecule has 2 fully saturated rings. The van der Waals surface area contributed by atoms with Gasteiger partial charge in [-0.15, -0.1) is 0 Å². The molecule has 2 aromatic heterocycles. The number of fused-ring (bicyclic) bond motifs is 6. The van der Waals surface area contributed by atoms with Crippen LogP contribution in [0.5, 0.6) is 5.75 Å². The number of hydrogen-bond acceptors (Lipinski definition) is 13. The van der Waals surface area contributed by atoms with Crippen LogP contribution in [0.2, 0.25) is 0 Å². The number of morpholine rings is 1. The second kappa shape index (κ2) is 24.0. The van der Waals surface area contributed by atoms with Crippen molar-refractivity contribution < 1.29 is 38.1 Å². The van der Waals surface area contributed by atoms with Gasteiger partial charge in [0.2, 0.25) is 11.8 Å². The molecule has 3 atom stereocenters. The number of anilines is 1. The Labute approximate surface area is 434 Å². The largest absolute Gasteiger partial charge is 0.497 e. The molecule has 0 spiro atoms. The fourth-order valence-corrected chi connectivity index (χ4v) is 10.4. The summed E-state index contributed by atoms with van der Waals surface area (Å²) < 4.78 is 25.1. The molecule has 17 nitrogen and oxygen atoms in total. The van der Waals surface area contributed by atoms with Gasteiger partial charge in [-0.1, -0.05) is 58.0 Å². The van der Waals surface area contributed by atoms with Gasteiger partial charge in [-0.2, -0.15) is 4.99 Å². The van der Waals surface area contributed by atoms with Gasteiger partial charge >= 0.3 is 5.97 Å². The van der Waals surface area contributed by atoms with Crippen LogP contribution in [0.3, 0.4) is 0 Å². The number of aliphatic imine (C=N–C) groups is 2. The van der Waals surface area contributed by atoms with E-state index in [0.29, 0.717) is 76.7 Å². The fraction of sp³-hybridized carbons (Fsp3) is 0.474. The number of cyclic esters (lactones) is 1. The van der Waals surface area contributed by atoms with E-state index >= 15 is 0 Å². The first-order valence-electron chi connectivity index (χ1n) is 25.8. The molecule has 5 aromatic rings. The zero-order valence-corrected chi connectivity index (χ0v) is 44.1. The minimum Gasteiger partial charge on any atom is -0.497 e. The zero-order chi connectivity index (χ0) is 52.5. The molecule has 74 heavy (non-hydrogen) atoms. The Bertz CT molecular complexity index is 2900. The van der Waals surface area contributed by atoms with Crippen LogP contribution in [0, 0.1) is 11.3 Å². The third-order valence-electron chi connectivity index (χ3n) is 14.2. The number of carbonyl (C=O) groups is 4. The average molecular weight is 1010 g/mol. The highest BCUT2D eigenvalue weighted by molar-refractivity contribution is 5.96. The second-order valence-corrected chi connectivity index (χ2v) is 20.5. The number of amides is 3. The molecule has 2 N–H and O–H groups in total. The predicted octanol–water partition coefficient (Wildman–Crippen LogP) is 7.41. The summed E-state index contributed by atoms with van der Waals surface area (Å²) in [5.74, 6) is -1.23. The van der Waals surface area contributed by atoms with Gasteiger partial charge in [0.15, 0.2) is 0 Å². The van der Waals surface area contributed by atoms with E-state index in [1.54, 1.807) is 27.5 Å². The van der Waals surface area contributed by atoms with Gasteiger partial charge in [0, 0.05) is 93.5 Å². The number of hydrazine groups is 1. The van der Waals surface area contributed by atoms with Gasteiger partial charge in [-0.25, -0.2) is 10.4 Å². The molecule has 0 radical (unpaired) electrons. The second-order valence-electron chi connectivity index (χ2n) is 20.5. The Hall–Kier alpha value is -6.91. The van der Waals surface area contributed by atoms with Gasteiger partial charge in [0.05, 0.1) is 63.2 Å². The maximum Gasteiger partial charge on any atom is 0.324 e. The molecule has 6 bridgehead atoms. The highest BCUT2D eigenvalue weighted by Gasteiger charge is 2.38. The van der Waals surface area contributed by atoms with Crippen molar-refractivity contribution in [3.05, 3.63) is 95.8 Å². The van der Waals surface area contributed by atoms with Crippen LogP contribution >= 0.6 is 0 Å².